The van der Waals surface area contributed by atoms with Crippen LogP contribution in [0, 0.1) is 0 Å². The first-order valence-corrected chi connectivity index (χ1v) is 5.07. The number of methoxy groups -OCH3 is 1. The van der Waals surface area contributed by atoms with E-state index in [4.69, 9.17) is 4.52 Å². The molecule has 0 spiro atoms. The topological polar surface area (TPSA) is 44.8 Å². The third-order valence-corrected chi connectivity index (χ3v) is 2.25. The second-order valence-electron chi connectivity index (χ2n) is 1.86. The summed E-state index contributed by atoms with van der Waals surface area (Å²) in [5.74, 6) is 0. The summed E-state index contributed by atoms with van der Waals surface area (Å²) in [4.78, 5) is 0. The molecule has 0 aromatic carbocycles. The lowest BCUT2D eigenvalue weighted by molar-refractivity contribution is 0.257. The zero-order valence-electron chi connectivity index (χ0n) is 6.94. The monoisotopic (exact) mass is 180 g/mol. The fourth-order valence-corrected chi connectivity index (χ4v) is 0.829. The summed E-state index contributed by atoms with van der Waals surface area (Å²) in [5.41, 5.74) is 0. The maximum atomic E-state index is 11.0. The van der Waals surface area contributed by atoms with Crippen molar-refractivity contribution in [3.8, 4) is 0 Å². The molecule has 0 aromatic heterocycles. The van der Waals surface area contributed by atoms with Crippen molar-refractivity contribution < 1.29 is 18.3 Å². The number of hydrogen-bond acceptors (Lipinski definition) is 4. The summed E-state index contributed by atoms with van der Waals surface area (Å²) < 4.78 is 25.0. The largest absolute Gasteiger partial charge is 0.505 e. The molecule has 11 heavy (non-hydrogen) atoms. The van der Waals surface area contributed by atoms with Gasteiger partial charge in [-0.2, -0.15) is 0 Å². The molecule has 66 valence electrons. The second kappa shape index (κ2) is 5.35. The molecule has 0 aliphatic heterocycles. The minimum Gasteiger partial charge on any atom is -0.505 e. The smallest absolute Gasteiger partial charge is 0.327 e. The minimum atomic E-state index is -2.82. The van der Waals surface area contributed by atoms with Crippen molar-refractivity contribution in [2.45, 2.75) is 0 Å². The molecule has 0 amide bonds. The Labute approximate surface area is 66.7 Å². The highest BCUT2D eigenvalue weighted by molar-refractivity contribution is 7.52. The Hall–Kier alpha value is -0.310. The van der Waals surface area contributed by atoms with Gasteiger partial charge in [0, 0.05) is 13.8 Å². The summed E-state index contributed by atoms with van der Waals surface area (Å²) in [7, 11) is 0.0538. The second-order valence-corrected chi connectivity index (χ2v) is 4.02. The van der Waals surface area contributed by atoms with Crippen molar-refractivity contribution >= 4 is 7.60 Å². The van der Waals surface area contributed by atoms with Crippen LogP contribution in [0.2, 0.25) is 0 Å². The molecule has 4 nitrogen and oxygen atoms in total. The van der Waals surface area contributed by atoms with Gasteiger partial charge in [0.05, 0.1) is 20.0 Å². The van der Waals surface area contributed by atoms with Crippen LogP contribution in [-0.2, 0) is 18.3 Å². The molecule has 0 heterocycles. The van der Waals surface area contributed by atoms with E-state index in [0.717, 1.165) is 0 Å². The molecule has 5 heteroatoms. The molecule has 0 radical (unpaired) electrons. The van der Waals surface area contributed by atoms with Crippen LogP contribution in [0.5, 0.6) is 0 Å². The van der Waals surface area contributed by atoms with Crippen molar-refractivity contribution in [1.82, 2.24) is 0 Å². The summed E-state index contributed by atoms with van der Waals surface area (Å²) in [5, 5.41) is 0. The quantitative estimate of drug-likeness (QED) is 0.476. The van der Waals surface area contributed by atoms with Gasteiger partial charge in [-0.25, -0.2) is 0 Å². The van der Waals surface area contributed by atoms with Crippen LogP contribution in [0.15, 0.2) is 12.3 Å². The van der Waals surface area contributed by atoms with Crippen LogP contribution in [0.3, 0.4) is 0 Å². The van der Waals surface area contributed by atoms with Crippen LogP contribution in [0.1, 0.15) is 0 Å². The Morgan fingerprint density at radius 2 is 2.09 bits per heavy atom. The number of hydrogen-bond donors (Lipinski definition) is 0. The van der Waals surface area contributed by atoms with Crippen molar-refractivity contribution in [3.05, 3.63) is 12.3 Å². The van der Waals surface area contributed by atoms with E-state index in [2.05, 4.69) is 9.26 Å². The Morgan fingerprint density at radius 3 is 2.55 bits per heavy atom. The molecule has 0 aliphatic carbocycles. The average Bonchev–Trinajstić information content (AvgIpc) is 1.99. The molecule has 0 saturated carbocycles. The summed E-state index contributed by atoms with van der Waals surface area (Å²) in [6.07, 6.45) is 3.06. The van der Waals surface area contributed by atoms with Crippen molar-refractivity contribution in [2.75, 3.05) is 27.5 Å². The highest BCUT2D eigenvalue weighted by Gasteiger charge is 2.11. The zero-order chi connectivity index (χ0) is 8.74. The van der Waals surface area contributed by atoms with Gasteiger partial charge in [-0.15, -0.1) is 0 Å². The molecule has 0 saturated heterocycles. The van der Waals surface area contributed by atoms with E-state index in [1.807, 2.05) is 0 Å². The first-order valence-electron chi connectivity index (χ1n) is 3.08. The maximum Gasteiger partial charge on any atom is 0.327 e. The third-order valence-electron chi connectivity index (χ3n) is 0.969. The molecule has 1 unspecified atom stereocenters. The van der Waals surface area contributed by atoms with Gasteiger partial charge in [-0.1, -0.05) is 0 Å². The van der Waals surface area contributed by atoms with Crippen molar-refractivity contribution in [2.24, 2.45) is 0 Å². The van der Waals surface area contributed by atoms with E-state index in [-0.39, 0.29) is 6.61 Å². The van der Waals surface area contributed by atoms with Crippen molar-refractivity contribution in [3.63, 3.8) is 0 Å². The lowest BCUT2D eigenvalue weighted by Gasteiger charge is -2.08. The lowest BCUT2D eigenvalue weighted by Crippen LogP contribution is -1.90. The molecule has 0 N–H and O–H groups in total. The fraction of sp³-hybridized carbons (Fsp3) is 0.667. The van der Waals surface area contributed by atoms with Gasteiger partial charge in [0.2, 0.25) is 0 Å². The molecule has 0 aliphatic rings. The molecule has 0 fully saturated rings. The van der Waals surface area contributed by atoms with E-state index >= 15 is 0 Å². The highest BCUT2D eigenvalue weighted by atomic mass is 31.2. The molecular formula is C6H13O4P. The van der Waals surface area contributed by atoms with Gasteiger partial charge in [0.1, 0.15) is 0 Å². The summed E-state index contributed by atoms with van der Waals surface area (Å²) in [6.45, 7) is 1.64. The fourth-order valence-electron chi connectivity index (χ4n) is 0.367. The van der Waals surface area contributed by atoms with Crippen LogP contribution in [0.4, 0.5) is 0 Å². The standard InChI is InChI=1S/C6H13O4P/c1-8-5-4-6-10-11(3,7)9-2/h4-5H,6H2,1-3H3. The molecule has 0 bridgehead atoms. The molecule has 1 atom stereocenters. The van der Waals surface area contributed by atoms with Crippen molar-refractivity contribution in [1.29, 1.82) is 0 Å². The van der Waals surface area contributed by atoms with Crippen LogP contribution >= 0.6 is 7.60 Å². The van der Waals surface area contributed by atoms with Crippen LogP contribution in [0.25, 0.3) is 0 Å². The van der Waals surface area contributed by atoms with E-state index in [1.165, 1.54) is 27.1 Å². The minimum absolute atomic E-state index is 0.232. The molecule has 0 rings (SSSR count). The molecular weight excluding hydrogens is 167 g/mol. The Morgan fingerprint density at radius 1 is 1.45 bits per heavy atom. The van der Waals surface area contributed by atoms with Gasteiger partial charge < -0.3 is 13.8 Å². The number of ether oxygens (including phenoxy) is 1. The number of rotatable bonds is 5. The third kappa shape index (κ3) is 6.10. The van der Waals surface area contributed by atoms with Gasteiger partial charge in [0.25, 0.3) is 0 Å². The average molecular weight is 180 g/mol. The van der Waals surface area contributed by atoms with Crippen LogP contribution in [-0.4, -0.2) is 27.5 Å². The normalized spacial score (nSPS) is 16.6. The Balaban J connectivity index is 3.54. The van der Waals surface area contributed by atoms with E-state index in [9.17, 15) is 4.57 Å². The van der Waals surface area contributed by atoms with E-state index in [0.29, 0.717) is 0 Å². The zero-order valence-corrected chi connectivity index (χ0v) is 7.84. The van der Waals surface area contributed by atoms with Gasteiger partial charge in [0.15, 0.2) is 0 Å². The maximum absolute atomic E-state index is 11.0. The first kappa shape index (κ1) is 10.7. The predicted molar refractivity (Wildman–Crippen MR) is 42.6 cm³/mol. The lowest BCUT2D eigenvalue weighted by atomic mass is 10.7. The first-order chi connectivity index (χ1) is 5.12. The van der Waals surface area contributed by atoms with Gasteiger partial charge in [-0.3, -0.25) is 4.57 Å². The Bertz CT molecular complexity index is 166. The summed E-state index contributed by atoms with van der Waals surface area (Å²) in [6, 6.07) is 0. The Kier molecular flexibility index (Phi) is 5.20. The highest BCUT2D eigenvalue weighted by Crippen LogP contribution is 2.42. The van der Waals surface area contributed by atoms with Crippen LogP contribution < -0.4 is 0 Å². The van der Waals surface area contributed by atoms with E-state index < -0.39 is 7.60 Å². The van der Waals surface area contributed by atoms with Gasteiger partial charge in [-0.05, 0) is 6.08 Å². The molecule has 0 aromatic rings. The van der Waals surface area contributed by atoms with E-state index in [1.54, 1.807) is 6.08 Å². The van der Waals surface area contributed by atoms with Gasteiger partial charge >= 0.3 is 7.60 Å². The summed E-state index contributed by atoms with van der Waals surface area (Å²) >= 11 is 0. The predicted octanol–water partition coefficient (Wildman–Crippen LogP) is 1.63. The SMILES string of the molecule is COC=CCOP(C)(=O)OC.